The maximum atomic E-state index is 13.6. The van der Waals surface area contributed by atoms with Crippen molar-refractivity contribution in [3.05, 3.63) is 75.7 Å². The van der Waals surface area contributed by atoms with Gasteiger partial charge in [-0.3, -0.25) is 9.89 Å². The molecule has 1 heterocycles. The van der Waals surface area contributed by atoms with Gasteiger partial charge in [0.25, 0.3) is 5.91 Å². The van der Waals surface area contributed by atoms with E-state index in [1.54, 1.807) is 30.3 Å². The summed E-state index contributed by atoms with van der Waals surface area (Å²) in [7, 11) is 0. The number of H-pyrrole nitrogens is 1. The average Bonchev–Trinajstić information content (AvgIpc) is 3.08. The summed E-state index contributed by atoms with van der Waals surface area (Å²) in [4.78, 5) is 12.1. The molecule has 3 aromatic rings. The zero-order valence-corrected chi connectivity index (χ0v) is 14.1. The number of hydrogen-bond donors (Lipinski definition) is 2. The van der Waals surface area contributed by atoms with Gasteiger partial charge in [0.2, 0.25) is 0 Å². The molecule has 0 fully saturated rings. The third-order valence-corrected chi connectivity index (χ3v) is 3.90. The topological polar surface area (TPSA) is 70.1 Å². The Balaban J connectivity index is 1.70. The smallest absolute Gasteiger partial charge is 0.272 e. The fourth-order valence-electron chi connectivity index (χ4n) is 2.06. The van der Waals surface area contributed by atoms with Crippen molar-refractivity contribution in [2.75, 3.05) is 0 Å². The minimum atomic E-state index is -0.530. The highest BCUT2D eigenvalue weighted by Gasteiger charge is 2.11. The molecule has 0 spiro atoms. The summed E-state index contributed by atoms with van der Waals surface area (Å²) in [5.41, 5.74) is 3.98. The van der Waals surface area contributed by atoms with Gasteiger partial charge in [-0.25, -0.2) is 9.82 Å². The van der Waals surface area contributed by atoms with E-state index in [1.165, 1.54) is 18.2 Å². The number of benzene rings is 2. The van der Waals surface area contributed by atoms with Crippen LogP contribution in [0.25, 0.3) is 11.3 Å². The number of aromatic nitrogens is 2. The van der Waals surface area contributed by atoms with Crippen molar-refractivity contribution < 1.29 is 9.18 Å². The van der Waals surface area contributed by atoms with E-state index >= 15 is 0 Å². The lowest BCUT2D eigenvalue weighted by molar-refractivity contribution is 0.0950. The van der Waals surface area contributed by atoms with Gasteiger partial charge in [0, 0.05) is 16.1 Å². The molecule has 1 amide bonds. The first kappa shape index (κ1) is 17.1. The normalized spacial score (nSPS) is 11.0. The highest BCUT2D eigenvalue weighted by Crippen LogP contribution is 2.20. The SMILES string of the molecule is O=C(N/N=C/c1c(F)cccc1Cl)c1cc(-c2ccc(Cl)cc2)n[nH]1. The zero-order valence-electron chi connectivity index (χ0n) is 12.6. The summed E-state index contributed by atoms with van der Waals surface area (Å²) in [6, 6.07) is 12.9. The Morgan fingerprint density at radius 2 is 1.96 bits per heavy atom. The van der Waals surface area contributed by atoms with Crippen LogP contribution >= 0.6 is 23.2 Å². The zero-order chi connectivity index (χ0) is 17.8. The van der Waals surface area contributed by atoms with Crippen molar-refractivity contribution in [1.29, 1.82) is 0 Å². The van der Waals surface area contributed by atoms with E-state index in [4.69, 9.17) is 23.2 Å². The molecule has 0 saturated heterocycles. The maximum absolute atomic E-state index is 13.6. The van der Waals surface area contributed by atoms with E-state index in [0.29, 0.717) is 10.7 Å². The van der Waals surface area contributed by atoms with Gasteiger partial charge in [-0.15, -0.1) is 0 Å². The largest absolute Gasteiger partial charge is 0.289 e. The lowest BCUT2D eigenvalue weighted by Crippen LogP contribution is -2.18. The molecule has 0 radical (unpaired) electrons. The predicted molar refractivity (Wildman–Crippen MR) is 95.5 cm³/mol. The molecule has 25 heavy (non-hydrogen) atoms. The molecular weight excluding hydrogens is 366 g/mol. The summed E-state index contributed by atoms with van der Waals surface area (Å²) in [5.74, 6) is -1.05. The summed E-state index contributed by atoms with van der Waals surface area (Å²) < 4.78 is 13.6. The van der Waals surface area contributed by atoms with Gasteiger partial charge < -0.3 is 0 Å². The molecule has 0 saturated carbocycles. The molecule has 126 valence electrons. The number of amides is 1. The number of hydrogen-bond acceptors (Lipinski definition) is 3. The molecule has 0 aliphatic carbocycles. The van der Waals surface area contributed by atoms with Crippen molar-refractivity contribution in [2.45, 2.75) is 0 Å². The minimum absolute atomic E-state index is 0.0935. The Morgan fingerprint density at radius 1 is 1.20 bits per heavy atom. The van der Waals surface area contributed by atoms with Gasteiger partial charge in [-0.05, 0) is 30.3 Å². The van der Waals surface area contributed by atoms with Gasteiger partial charge in [0.1, 0.15) is 11.5 Å². The number of nitrogens with zero attached hydrogens (tertiary/aromatic N) is 2. The van der Waals surface area contributed by atoms with Crippen LogP contribution in [0.3, 0.4) is 0 Å². The molecule has 0 aliphatic heterocycles. The van der Waals surface area contributed by atoms with Crippen molar-refractivity contribution >= 4 is 35.3 Å². The quantitative estimate of drug-likeness (QED) is 0.526. The summed E-state index contributed by atoms with van der Waals surface area (Å²) in [5, 5.41) is 11.2. The first-order valence-electron chi connectivity index (χ1n) is 7.13. The van der Waals surface area contributed by atoms with E-state index in [-0.39, 0.29) is 16.3 Å². The van der Waals surface area contributed by atoms with E-state index in [1.807, 2.05) is 0 Å². The monoisotopic (exact) mass is 376 g/mol. The standard InChI is InChI=1S/C17H11Cl2FN4O/c18-11-6-4-10(5-7-11)15-8-16(23-22-15)17(25)24-21-9-12-13(19)2-1-3-14(12)20/h1-9H,(H,22,23)(H,24,25)/b21-9+. The number of rotatable bonds is 4. The second kappa shape index (κ2) is 7.46. The molecule has 0 atom stereocenters. The van der Waals surface area contributed by atoms with Crippen LogP contribution in [-0.2, 0) is 0 Å². The Bertz CT molecular complexity index is 918. The number of carbonyl (C=O) groups is 1. The van der Waals surface area contributed by atoms with Crippen LogP contribution in [0.15, 0.2) is 53.6 Å². The van der Waals surface area contributed by atoms with E-state index < -0.39 is 11.7 Å². The Hall–Kier alpha value is -2.70. The van der Waals surface area contributed by atoms with Crippen LogP contribution < -0.4 is 5.43 Å². The Morgan fingerprint density at radius 3 is 2.68 bits per heavy atom. The van der Waals surface area contributed by atoms with Gasteiger partial charge in [0.15, 0.2) is 0 Å². The van der Waals surface area contributed by atoms with Crippen LogP contribution in [0.1, 0.15) is 16.1 Å². The number of halogens is 3. The minimum Gasteiger partial charge on any atom is -0.272 e. The number of nitrogens with one attached hydrogen (secondary N) is 2. The third kappa shape index (κ3) is 4.04. The van der Waals surface area contributed by atoms with E-state index in [0.717, 1.165) is 11.8 Å². The number of carbonyl (C=O) groups excluding carboxylic acids is 1. The van der Waals surface area contributed by atoms with Gasteiger partial charge in [0.05, 0.1) is 16.9 Å². The molecule has 0 unspecified atom stereocenters. The molecule has 0 bridgehead atoms. The second-order valence-corrected chi connectivity index (χ2v) is 5.85. The van der Waals surface area contributed by atoms with E-state index in [2.05, 4.69) is 20.7 Å². The molecule has 3 rings (SSSR count). The third-order valence-electron chi connectivity index (χ3n) is 3.32. The van der Waals surface area contributed by atoms with Crippen molar-refractivity contribution in [3.63, 3.8) is 0 Å². The molecule has 2 aromatic carbocycles. The van der Waals surface area contributed by atoms with Gasteiger partial charge in [-0.2, -0.15) is 10.2 Å². The highest BCUT2D eigenvalue weighted by atomic mass is 35.5. The van der Waals surface area contributed by atoms with Crippen LogP contribution in [0, 0.1) is 5.82 Å². The maximum Gasteiger partial charge on any atom is 0.289 e. The summed E-state index contributed by atoms with van der Waals surface area (Å²) >= 11 is 11.7. The van der Waals surface area contributed by atoms with Crippen molar-refractivity contribution in [2.24, 2.45) is 5.10 Å². The predicted octanol–water partition coefficient (Wildman–Crippen LogP) is 4.29. The van der Waals surface area contributed by atoms with Crippen LogP contribution in [-0.4, -0.2) is 22.3 Å². The Labute approximate surface area is 152 Å². The van der Waals surface area contributed by atoms with Crippen LogP contribution in [0.5, 0.6) is 0 Å². The van der Waals surface area contributed by atoms with Gasteiger partial charge >= 0.3 is 0 Å². The molecule has 0 aliphatic rings. The van der Waals surface area contributed by atoms with E-state index in [9.17, 15) is 9.18 Å². The molecule has 8 heteroatoms. The fourth-order valence-corrected chi connectivity index (χ4v) is 2.39. The lowest BCUT2D eigenvalue weighted by atomic mass is 10.1. The van der Waals surface area contributed by atoms with Crippen molar-refractivity contribution in [3.8, 4) is 11.3 Å². The highest BCUT2D eigenvalue weighted by molar-refractivity contribution is 6.33. The first-order chi connectivity index (χ1) is 12.0. The average molecular weight is 377 g/mol. The van der Waals surface area contributed by atoms with Crippen LogP contribution in [0.2, 0.25) is 10.0 Å². The second-order valence-electron chi connectivity index (χ2n) is 5.01. The summed E-state index contributed by atoms with van der Waals surface area (Å²) in [6.07, 6.45) is 1.14. The number of aromatic amines is 1. The summed E-state index contributed by atoms with van der Waals surface area (Å²) in [6.45, 7) is 0. The lowest BCUT2D eigenvalue weighted by Gasteiger charge is -1.99. The van der Waals surface area contributed by atoms with Crippen molar-refractivity contribution in [1.82, 2.24) is 15.6 Å². The molecular formula is C17H11Cl2FN4O. The first-order valence-corrected chi connectivity index (χ1v) is 7.89. The molecule has 2 N–H and O–H groups in total. The fraction of sp³-hybridized carbons (Fsp3) is 0. The van der Waals surface area contributed by atoms with Gasteiger partial charge in [-0.1, -0.05) is 41.4 Å². The van der Waals surface area contributed by atoms with Crippen LogP contribution in [0.4, 0.5) is 4.39 Å². The molecule has 5 nitrogen and oxygen atoms in total. The number of hydrazone groups is 1. The molecule has 1 aromatic heterocycles. The Kier molecular flexibility index (Phi) is 5.11.